The number of furan rings is 1. The van der Waals surface area contributed by atoms with Crippen LogP contribution in [0.4, 0.5) is 21.9 Å². The van der Waals surface area contributed by atoms with Crippen molar-refractivity contribution < 1.29 is 18.7 Å². The number of nitrogens with zero attached hydrogens (tertiary/aromatic N) is 2. The first-order valence-electron chi connectivity index (χ1n) is 10.7. The van der Waals surface area contributed by atoms with Gasteiger partial charge >= 0.3 is 6.09 Å². The monoisotopic (exact) mass is 433 g/mol. The van der Waals surface area contributed by atoms with Gasteiger partial charge in [-0.15, -0.1) is 0 Å². The van der Waals surface area contributed by atoms with Crippen molar-refractivity contribution in [1.29, 1.82) is 0 Å². The van der Waals surface area contributed by atoms with Gasteiger partial charge in [0.2, 0.25) is 0 Å². The minimum atomic E-state index is -0.426. The Morgan fingerprint density at radius 3 is 2.66 bits per heavy atom. The van der Waals surface area contributed by atoms with Crippen molar-refractivity contribution in [2.45, 2.75) is 32.9 Å². The lowest BCUT2D eigenvalue weighted by Gasteiger charge is -2.24. The Bertz CT molecular complexity index is 1110. The zero-order chi connectivity index (χ0) is 22.7. The average molecular weight is 434 g/mol. The van der Waals surface area contributed by atoms with Crippen LogP contribution in [0.5, 0.6) is 0 Å². The third-order valence-electron chi connectivity index (χ3n) is 5.71. The van der Waals surface area contributed by atoms with Gasteiger partial charge in [0.05, 0.1) is 25.0 Å². The summed E-state index contributed by atoms with van der Waals surface area (Å²) in [6.45, 7) is 4.78. The number of amides is 2. The van der Waals surface area contributed by atoms with Crippen molar-refractivity contribution in [2.24, 2.45) is 0 Å². The minimum absolute atomic E-state index is 0.236. The molecule has 166 valence electrons. The van der Waals surface area contributed by atoms with Crippen LogP contribution in [0.2, 0.25) is 0 Å². The number of nitrogens with one attached hydrogen (secondary N) is 1. The van der Waals surface area contributed by atoms with Crippen LogP contribution in [-0.4, -0.2) is 31.7 Å². The van der Waals surface area contributed by atoms with E-state index < -0.39 is 6.09 Å². The number of para-hydroxylation sites is 1. The molecule has 1 aliphatic rings. The molecular formula is C25H27N3O4. The van der Waals surface area contributed by atoms with E-state index in [2.05, 4.69) is 35.3 Å². The van der Waals surface area contributed by atoms with E-state index in [0.29, 0.717) is 41.9 Å². The second kappa shape index (κ2) is 9.18. The van der Waals surface area contributed by atoms with Crippen LogP contribution in [0, 0.1) is 0 Å². The first kappa shape index (κ1) is 21.5. The molecule has 0 aliphatic carbocycles. The quantitative estimate of drug-likeness (QED) is 0.587. The third-order valence-corrected chi connectivity index (χ3v) is 5.71. The lowest BCUT2D eigenvalue weighted by molar-refractivity contribution is 0.102. The van der Waals surface area contributed by atoms with Gasteiger partial charge in [0.1, 0.15) is 5.76 Å². The molecule has 0 fully saturated rings. The molecule has 2 amide bonds. The molecule has 1 aromatic heterocycles. The normalized spacial score (nSPS) is 14.7. The van der Waals surface area contributed by atoms with Gasteiger partial charge < -0.3 is 19.4 Å². The first-order chi connectivity index (χ1) is 15.5. The first-order valence-corrected chi connectivity index (χ1v) is 10.7. The molecule has 4 rings (SSSR count). The van der Waals surface area contributed by atoms with Gasteiger partial charge in [-0.25, -0.2) is 4.79 Å². The minimum Gasteiger partial charge on any atom is -0.467 e. The molecule has 32 heavy (non-hydrogen) atoms. The highest BCUT2D eigenvalue weighted by molar-refractivity contribution is 6.05. The van der Waals surface area contributed by atoms with Crippen molar-refractivity contribution in [1.82, 2.24) is 0 Å². The van der Waals surface area contributed by atoms with E-state index in [0.717, 1.165) is 6.42 Å². The zero-order valence-corrected chi connectivity index (χ0v) is 18.5. The fraction of sp³-hybridized carbons (Fsp3) is 0.280. The van der Waals surface area contributed by atoms with Crippen LogP contribution in [0.25, 0.3) is 0 Å². The van der Waals surface area contributed by atoms with Crippen LogP contribution in [0.3, 0.4) is 0 Å². The molecule has 2 aromatic carbocycles. The number of ether oxygens (including phenoxy) is 1. The standard InChI is InChI=1S/C25H27N3O4/c1-4-31-25(30)27(3)20-11-9-19(10-12-20)26-24(29)21-13-14-32-23(21)16-28-17(2)15-18-7-5-6-8-22(18)28/h5-14,17H,4,15-16H2,1-3H3,(H,26,29). The van der Waals surface area contributed by atoms with Crippen LogP contribution in [0.1, 0.15) is 35.5 Å². The van der Waals surface area contributed by atoms with Gasteiger partial charge in [0.15, 0.2) is 0 Å². The predicted octanol–water partition coefficient (Wildman–Crippen LogP) is 5.08. The van der Waals surface area contributed by atoms with Crippen LogP contribution in [0.15, 0.2) is 65.3 Å². The van der Waals surface area contributed by atoms with Crippen LogP contribution < -0.4 is 15.1 Å². The van der Waals surface area contributed by atoms with Gasteiger partial charge in [-0.3, -0.25) is 9.69 Å². The number of benzene rings is 2. The molecule has 3 aromatic rings. The molecule has 0 radical (unpaired) electrons. The van der Waals surface area contributed by atoms with E-state index in [-0.39, 0.29) is 5.91 Å². The molecule has 0 saturated heterocycles. The second-order valence-corrected chi connectivity index (χ2v) is 7.83. The van der Waals surface area contributed by atoms with Crippen molar-refractivity contribution in [2.75, 3.05) is 28.8 Å². The largest absolute Gasteiger partial charge is 0.467 e. The molecule has 0 saturated carbocycles. The Morgan fingerprint density at radius 1 is 1.16 bits per heavy atom. The van der Waals surface area contributed by atoms with E-state index in [1.807, 2.05) is 6.07 Å². The van der Waals surface area contributed by atoms with E-state index in [4.69, 9.17) is 9.15 Å². The molecule has 0 spiro atoms. The highest BCUT2D eigenvalue weighted by Gasteiger charge is 2.28. The molecular weight excluding hydrogens is 406 g/mol. The highest BCUT2D eigenvalue weighted by Crippen LogP contribution is 2.33. The summed E-state index contributed by atoms with van der Waals surface area (Å²) < 4.78 is 10.7. The smallest absolute Gasteiger partial charge is 0.413 e. The number of hydrogen-bond acceptors (Lipinski definition) is 5. The zero-order valence-electron chi connectivity index (χ0n) is 18.5. The lowest BCUT2D eigenvalue weighted by atomic mass is 10.1. The predicted molar refractivity (Wildman–Crippen MR) is 124 cm³/mol. The Labute approximate surface area is 187 Å². The fourth-order valence-electron chi connectivity index (χ4n) is 3.98. The molecule has 2 heterocycles. The third kappa shape index (κ3) is 4.32. The van der Waals surface area contributed by atoms with Gasteiger partial charge in [-0.05, 0) is 62.2 Å². The Hall–Kier alpha value is -3.74. The second-order valence-electron chi connectivity index (χ2n) is 7.83. The summed E-state index contributed by atoms with van der Waals surface area (Å²) >= 11 is 0. The maximum Gasteiger partial charge on any atom is 0.413 e. The van der Waals surface area contributed by atoms with E-state index >= 15 is 0 Å². The van der Waals surface area contributed by atoms with E-state index in [1.165, 1.54) is 16.2 Å². The number of rotatable bonds is 6. The van der Waals surface area contributed by atoms with Crippen molar-refractivity contribution in [3.63, 3.8) is 0 Å². The molecule has 1 unspecified atom stereocenters. The van der Waals surface area contributed by atoms with Crippen molar-refractivity contribution >= 4 is 29.1 Å². The SMILES string of the molecule is CCOC(=O)N(C)c1ccc(NC(=O)c2ccoc2CN2c3ccccc3CC2C)cc1. The van der Waals surface area contributed by atoms with E-state index in [9.17, 15) is 9.59 Å². The summed E-state index contributed by atoms with van der Waals surface area (Å²) in [5.41, 5.74) is 4.30. The maximum atomic E-state index is 12.9. The highest BCUT2D eigenvalue weighted by atomic mass is 16.6. The number of carbonyl (C=O) groups is 2. The van der Waals surface area contributed by atoms with Gasteiger partial charge in [-0.2, -0.15) is 0 Å². The van der Waals surface area contributed by atoms with E-state index in [1.54, 1.807) is 50.6 Å². The number of fused-ring (bicyclic) bond motifs is 1. The molecule has 7 heteroatoms. The number of carbonyl (C=O) groups excluding carboxylic acids is 2. The Morgan fingerprint density at radius 2 is 1.91 bits per heavy atom. The Kier molecular flexibility index (Phi) is 6.16. The summed E-state index contributed by atoms with van der Waals surface area (Å²) in [5, 5.41) is 2.91. The maximum absolute atomic E-state index is 12.9. The number of anilines is 3. The topological polar surface area (TPSA) is 75.0 Å². The average Bonchev–Trinajstić information content (AvgIpc) is 3.38. The summed E-state index contributed by atoms with van der Waals surface area (Å²) in [6, 6.07) is 17.4. The molecule has 7 nitrogen and oxygen atoms in total. The molecule has 1 aliphatic heterocycles. The van der Waals surface area contributed by atoms with Crippen molar-refractivity contribution in [3.8, 4) is 0 Å². The molecule has 1 N–H and O–H groups in total. The van der Waals surface area contributed by atoms with Crippen LogP contribution in [-0.2, 0) is 17.7 Å². The van der Waals surface area contributed by atoms with Gasteiger partial charge in [-0.1, -0.05) is 18.2 Å². The fourth-order valence-corrected chi connectivity index (χ4v) is 3.98. The van der Waals surface area contributed by atoms with Crippen LogP contribution >= 0.6 is 0 Å². The Balaban J connectivity index is 1.45. The summed E-state index contributed by atoms with van der Waals surface area (Å²) in [5.74, 6) is 0.394. The van der Waals surface area contributed by atoms with Gasteiger partial charge in [0.25, 0.3) is 5.91 Å². The van der Waals surface area contributed by atoms with Crippen molar-refractivity contribution in [3.05, 3.63) is 77.7 Å². The molecule has 0 bridgehead atoms. The number of hydrogen-bond donors (Lipinski definition) is 1. The summed E-state index contributed by atoms with van der Waals surface area (Å²) in [6.07, 6.45) is 2.10. The summed E-state index contributed by atoms with van der Waals surface area (Å²) in [4.78, 5) is 28.5. The molecule has 1 atom stereocenters. The summed E-state index contributed by atoms with van der Waals surface area (Å²) in [7, 11) is 1.64. The lowest BCUT2D eigenvalue weighted by Crippen LogP contribution is -2.29. The van der Waals surface area contributed by atoms with Gasteiger partial charge in [0, 0.05) is 30.2 Å².